The van der Waals surface area contributed by atoms with Crippen LogP contribution in [-0.2, 0) is 12.8 Å². The predicted molar refractivity (Wildman–Crippen MR) is 76.0 cm³/mol. The molecule has 4 N–H and O–H groups in total. The Morgan fingerprint density at radius 3 is 1.78 bits per heavy atom. The summed E-state index contributed by atoms with van der Waals surface area (Å²) in [6, 6.07) is 20.5. The molecule has 0 unspecified atom stereocenters. The maximum atomic E-state index is 6.17. The average Bonchev–Trinajstić information content (AvgIpc) is 2.38. The Hall–Kier alpha value is -1.64. The Morgan fingerprint density at radius 2 is 1.22 bits per heavy atom. The molecule has 0 spiro atoms. The van der Waals surface area contributed by atoms with Crippen LogP contribution in [0.25, 0.3) is 0 Å². The van der Waals surface area contributed by atoms with Crippen molar-refractivity contribution in [1.82, 2.24) is 0 Å². The molecule has 0 bridgehead atoms. The first-order chi connectivity index (χ1) is 8.66. The van der Waals surface area contributed by atoms with Gasteiger partial charge in [-0.2, -0.15) is 0 Å². The van der Waals surface area contributed by atoms with Crippen LogP contribution in [-0.4, -0.2) is 5.66 Å². The molecule has 0 aliphatic rings. The van der Waals surface area contributed by atoms with Gasteiger partial charge < -0.3 is 11.5 Å². The molecule has 2 rings (SSSR count). The third kappa shape index (κ3) is 3.99. The quantitative estimate of drug-likeness (QED) is 0.789. The molecule has 0 fully saturated rings. The van der Waals surface area contributed by atoms with Gasteiger partial charge in [-0.05, 0) is 24.0 Å². The third-order valence-corrected chi connectivity index (χ3v) is 3.10. The molecule has 2 aromatic carbocycles. The zero-order valence-electron chi connectivity index (χ0n) is 10.5. The molecule has 0 aromatic heterocycles. The van der Waals surface area contributed by atoms with Gasteiger partial charge in [0, 0.05) is 6.42 Å². The van der Waals surface area contributed by atoms with E-state index in [-0.39, 0.29) is 0 Å². The van der Waals surface area contributed by atoms with Crippen molar-refractivity contribution in [3.63, 3.8) is 0 Å². The lowest BCUT2D eigenvalue weighted by molar-refractivity contribution is 0.406. The summed E-state index contributed by atoms with van der Waals surface area (Å²) in [5.74, 6) is 0. The summed E-state index contributed by atoms with van der Waals surface area (Å²) in [7, 11) is 0. The summed E-state index contributed by atoms with van der Waals surface area (Å²) in [6.45, 7) is 0. The van der Waals surface area contributed by atoms with Crippen molar-refractivity contribution in [2.24, 2.45) is 11.5 Å². The Kier molecular flexibility index (Phi) is 4.13. The molecule has 94 valence electrons. The van der Waals surface area contributed by atoms with E-state index in [1.54, 1.807) is 0 Å². The summed E-state index contributed by atoms with van der Waals surface area (Å²) >= 11 is 0. The van der Waals surface area contributed by atoms with Crippen LogP contribution >= 0.6 is 0 Å². The topological polar surface area (TPSA) is 52.0 Å². The number of hydrogen-bond donors (Lipinski definition) is 2. The first-order valence-electron chi connectivity index (χ1n) is 6.31. The van der Waals surface area contributed by atoms with E-state index < -0.39 is 5.66 Å². The molecule has 2 nitrogen and oxygen atoms in total. The van der Waals surface area contributed by atoms with Gasteiger partial charge in [0.1, 0.15) is 0 Å². The highest BCUT2D eigenvalue weighted by Gasteiger charge is 2.19. The minimum absolute atomic E-state index is 0.642. The van der Waals surface area contributed by atoms with Crippen molar-refractivity contribution in [3.8, 4) is 0 Å². The van der Waals surface area contributed by atoms with Crippen molar-refractivity contribution in [2.75, 3.05) is 0 Å². The molecule has 0 aliphatic carbocycles. The van der Waals surface area contributed by atoms with Crippen LogP contribution in [0, 0.1) is 0 Å². The van der Waals surface area contributed by atoms with Gasteiger partial charge in [0.05, 0.1) is 5.66 Å². The van der Waals surface area contributed by atoms with Crippen molar-refractivity contribution < 1.29 is 0 Å². The van der Waals surface area contributed by atoms with Gasteiger partial charge in [0.25, 0.3) is 0 Å². The lowest BCUT2D eigenvalue weighted by Gasteiger charge is -2.24. The monoisotopic (exact) mass is 240 g/mol. The van der Waals surface area contributed by atoms with Gasteiger partial charge in [-0.25, -0.2) is 0 Å². The first-order valence-corrected chi connectivity index (χ1v) is 6.31. The zero-order chi connectivity index (χ0) is 12.8. The Balaban J connectivity index is 1.91. The van der Waals surface area contributed by atoms with Crippen LogP contribution in [0.1, 0.15) is 17.5 Å². The van der Waals surface area contributed by atoms with Gasteiger partial charge in [0.2, 0.25) is 0 Å². The molecule has 18 heavy (non-hydrogen) atoms. The minimum Gasteiger partial charge on any atom is -0.313 e. The fourth-order valence-corrected chi connectivity index (χ4v) is 2.09. The summed E-state index contributed by atoms with van der Waals surface area (Å²) in [4.78, 5) is 0. The molecular weight excluding hydrogens is 220 g/mol. The standard InChI is InChI=1S/C16H20N2/c17-16(18,13-15-9-5-2-6-10-15)12-11-14-7-3-1-4-8-14/h1-10H,11-13,17-18H2. The Morgan fingerprint density at radius 1 is 0.722 bits per heavy atom. The van der Waals surface area contributed by atoms with Crippen LogP contribution in [0.2, 0.25) is 0 Å². The second-order valence-corrected chi connectivity index (χ2v) is 4.88. The SMILES string of the molecule is NC(N)(CCc1ccccc1)Cc1ccccc1. The molecule has 0 atom stereocenters. The smallest absolute Gasteiger partial charge is 0.0681 e. The fourth-order valence-electron chi connectivity index (χ4n) is 2.09. The van der Waals surface area contributed by atoms with E-state index in [1.807, 2.05) is 36.4 Å². The molecule has 0 amide bonds. The van der Waals surface area contributed by atoms with E-state index in [9.17, 15) is 0 Å². The molecule has 0 radical (unpaired) electrons. The highest BCUT2D eigenvalue weighted by molar-refractivity contribution is 5.18. The van der Waals surface area contributed by atoms with Crippen LogP contribution in [0.15, 0.2) is 60.7 Å². The largest absolute Gasteiger partial charge is 0.313 e. The van der Waals surface area contributed by atoms with Crippen LogP contribution in [0.5, 0.6) is 0 Å². The maximum Gasteiger partial charge on any atom is 0.0681 e. The van der Waals surface area contributed by atoms with Crippen LogP contribution < -0.4 is 11.5 Å². The number of benzene rings is 2. The first kappa shape index (κ1) is 12.8. The van der Waals surface area contributed by atoms with E-state index in [2.05, 4.69) is 24.3 Å². The third-order valence-electron chi connectivity index (χ3n) is 3.10. The van der Waals surface area contributed by atoms with Crippen LogP contribution in [0.4, 0.5) is 0 Å². The van der Waals surface area contributed by atoms with Crippen molar-refractivity contribution in [2.45, 2.75) is 24.9 Å². The fraction of sp³-hybridized carbons (Fsp3) is 0.250. The van der Waals surface area contributed by atoms with Crippen molar-refractivity contribution >= 4 is 0 Å². The van der Waals surface area contributed by atoms with Gasteiger partial charge >= 0.3 is 0 Å². The van der Waals surface area contributed by atoms with E-state index in [0.717, 1.165) is 12.8 Å². The normalized spacial score (nSPS) is 11.4. The van der Waals surface area contributed by atoms with Gasteiger partial charge in [-0.3, -0.25) is 0 Å². The van der Waals surface area contributed by atoms with Gasteiger partial charge in [-0.1, -0.05) is 60.7 Å². The molecule has 0 heterocycles. The summed E-state index contributed by atoms with van der Waals surface area (Å²) in [6.07, 6.45) is 2.41. The highest BCUT2D eigenvalue weighted by Crippen LogP contribution is 2.13. The van der Waals surface area contributed by atoms with Gasteiger partial charge in [-0.15, -0.1) is 0 Å². The molecule has 2 aromatic rings. The van der Waals surface area contributed by atoms with E-state index >= 15 is 0 Å². The predicted octanol–water partition coefficient (Wildman–Crippen LogP) is 2.48. The number of nitrogens with two attached hydrogens (primary N) is 2. The molecule has 0 aliphatic heterocycles. The number of aryl methyl sites for hydroxylation is 1. The average molecular weight is 240 g/mol. The van der Waals surface area contributed by atoms with Crippen molar-refractivity contribution in [3.05, 3.63) is 71.8 Å². The van der Waals surface area contributed by atoms with E-state index in [0.29, 0.717) is 6.42 Å². The van der Waals surface area contributed by atoms with E-state index in [1.165, 1.54) is 11.1 Å². The van der Waals surface area contributed by atoms with E-state index in [4.69, 9.17) is 11.5 Å². The molecular formula is C16H20N2. The van der Waals surface area contributed by atoms with Crippen LogP contribution in [0.3, 0.4) is 0 Å². The second kappa shape index (κ2) is 5.80. The lowest BCUT2D eigenvalue weighted by atomic mass is 9.94. The molecule has 0 saturated heterocycles. The molecule has 0 saturated carbocycles. The maximum absolute atomic E-state index is 6.17. The highest BCUT2D eigenvalue weighted by atomic mass is 14.9. The summed E-state index contributed by atoms with van der Waals surface area (Å²) < 4.78 is 0. The summed E-state index contributed by atoms with van der Waals surface area (Å²) in [5.41, 5.74) is 14.2. The zero-order valence-corrected chi connectivity index (χ0v) is 10.5. The lowest BCUT2D eigenvalue weighted by Crippen LogP contribution is -2.51. The minimum atomic E-state index is -0.642. The summed E-state index contributed by atoms with van der Waals surface area (Å²) in [5, 5.41) is 0. The number of hydrogen-bond acceptors (Lipinski definition) is 2. The number of rotatable bonds is 5. The molecule has 2 heteroatoms. The second-order valence-electron chi connectivity index (χ2n) is 4.88. The Labute approximate surface area is 109 Å². The Bertz CT molecular complexity index is 463. The van der Waals surface area contributed by atoms with Crippen molar-refractivity contribution in [1.29, 1.82) is 0 Å². The van der Waals surface area contributed by atoms with Gasteiger partial charge in [0.15, 0.2) is 0 Å².